The van der Waals surface area contributed by atoms with E-state index in [1.165, 1.54) is 29.4 Å². The summed E-state index contributed by atoms with van der Waals surface area (Å²) < 4.78 is 5.85. The first-order valence-corrected chi connectivity index (χ1v) is 10.9. The van der Waals surface area contributed by atoms with Gasteiger partial charge in [0.2, 0.25) is 0 Å². The zero-order valence-electron chi connectivity index (χ0n) is 16.5. The predicted molar refractivity (Wildman–Crippen MR) is 116 cm³/mol. The van der Waals surface area contributed by atoms with Crippen LogP contribution in [-0.2, 0) is 41.6 Å². The Morgan fingerprint density at radius 1 is 1.07 bits per heavy atom. The summed E-state index contributed by atoms with van der Waals surface area (Å²) in [6.45, 7) is 0. The quantitative estimate of drug-likeness (QED) is 0.657. The van der Waals surface area contributed by atoms with E-state index in [0.717, 1.165) is 54.2 Å². The number of amides is 2. The van der Waals surface area contributed by atoms with E-state index < -0.39 is 12.0 Å². The molecule has 0 fully saturated rings. The number of urea groups is 1. The normalized spacial score (nSPS) is 15.4. The van der Waals surface area contributed by atoms with Crippen molar-refractivity contribution in [3.63, 3.8) is 0 Å². The number of hydrogen-bond acceptors (Lipinski definition) is 3. The maximum Gasteiger partial charge on any atom is 0.328 e. The molecule has 0 unspecified atom stereocenters. The van der Waals surface area contributed by atoms with Crippen molar-refractivity contribution < 1.29 is 14.3 Å². The van der Waals surface area contributed by atoms with Gasteiger partial charge in [0, 0.05) is 16.6 Å². The third kappa shape index (κ3) is 4.32. The number of halogens is 1. The van der Waals surface area contributed by atoms with Crippen molar-refractivity contribution in [2.75, 3.05) is 12.4 Å². The van der Waals surface area contributed by atoms with Gasteiger partial charge in [-0.2, -0.15) is 0 Å². The molecule has 29 heavy (non-hydrogen) atoms. The Labute approximate surface area is 179 Å². The molecule has 2 aliphatic rings. The van der Waals surface area contributed by atoms with Crippen LogP contribution in [0.1, 0.15) is 40.7 Å². The first-order chi connectivity index (χ1) is 14.0. The molecule has 152 valence electrons. The number of esters is 1. The van der Waals surface area contributed by atoms with Crippen LogP contribution in [0.3, 0.4) is 0 Å². The topological polar surface area (TPSA) is 67.4 Å². The van der Waals surface area contributed by atoms with E-state index in [4.69, 9.17) is 4.74 Å². The van der Waals surface area contributed by atoms with Crippen molar-refractivity contribution in [2.45, 2.75) is 51.0 Å². The number of nitrogens with one attached hydrogen (secondary N) is 2. The van der Waals surface area contributed by atoms with Gasteiger partial charge in [-0.05, 0) is 78.5 Å². The largest absolute Gasteiger partial charge is 0.467 e. The summed E-state index contributed by atoms with van der Waals surface area (Å²) >= 11 is 3.44. The van der Waals surface area contributed by atoms with Gasteiger partial charge in [-0.25, -0.2) is 9.59 Å². The van der Waals surface area contributed by atoms with E-state index in [0.29, 0.717) is 6.42 Å². The zero-order valence-corrected chi connectivity index (χ0v) is 18.1. The molecule has 0 radical (unpaired) electrons. The zero-order chi connectivity index (χ0) is 20.4. The lowest BCUT2D eigenvalue weighted by Gasteiger charge is -2.20. The van der Waals surface area contributed by atoms with Crippen LogP contribution in [-0.4, -0.2) is 25.2 Å². The number of ether oxygens (including phenoxy) is 1. The number of methoxy groups -OCH3 is 1. The van der Waals surface area contributed by atoms with Gasteiger partial charge in [-0.1, -0.05) is 34.1 Å². The van der Waals surface area contributed by atoms with Crippen molar-refractivity contribution in [3.8, 4) is 0 Å². The highest BCUT2D eigenvalue weighted by Crippen LogP contribution is 2.38. The van der Waals surface area contributed by atoms with Gasteiger partial charge in [0.25, 0.3) is 0 Å². The molecule has 0 heterocycles. The van der Waals surface area contributed by atoms with Gasteiger partial charge >= 0.3 is 12.0 Å². The molecule has 0 aromatic heterocycles. The second-order valence-corrected chi connectivity index (χ2v) is 8.66. The number of benzene rings is 2. The van der Waals surface area contributed by atoms with Crippen LogP contribution in [0.4, 0.5) is 10.5 Å². The van der Waals surface area contributed by atoms with E-state index in [9.17, 15) is 9.59 Å². The molecule has 2 aliphatic carbocycles. The monoisotopic (exact) mass is 456 g/mol. The summed E-state index contributed by atoms with van der Waals surface area (Å²) in [6, 6.07) is 8.92. The van der Waals surface area contributed by atoms with Gasteiger partial charge in [0.05, 0.1) is 7.11 Å². The molecule has 2 aromatic carbocycles. The smallest absolute Gasteiger partial charge is 0.328 e. The Balaban J connectivity index is 1.53. The molecule has 0 spiro atoms. The highest BCUT2D eigenvalue weighted by atomic mass is 79.9. The Bertz CT molecular complexity index is 925. The van der Waals surface area contributed by atoms with Crippen molar-refractivity contribution in [3.05, 3.63) is 62.6 Å². The summed E-state index contributed by atoms with van der Waals surface area (Å²) in [4.78, 5) is 25.1. The van der Waals surface area contributed by atoms with Gasteiger partial charge in [0.15, 0.2) is 0 Å². The van der Waals surface area contributed by atoms with Crippen LogP contribution in [0.2, 0.25) is 0 Å². The van der Waals surface area contributed by atoms with Crippen molar-refractivity contribution in [1.29, 1.82) is 0 Å². The van der Waals surface area contributed by atoms with Gasteiger partial charge in [0.1, 0.15) is 6.04 Å². The summed E-state index contributed by atoms with van der Waals surface area (Å²) in [7, 11) is 1.34. The van der Waals surface area contributed by atoms with Crippen molar-refractivity contribution >= 4 is 33.6 Å². The molecular weight excluding hydrogens is 432 g/mol. The summed E-state index contributed by atoms with van der Waals surface area (Å²) in [6.07, 6.45) is 6.77. The van der Waals surface area contributed by atoms with Crippen molar-refractivity contribution in [2.24, 2.45) is 0 Å². The Morgan fingerprint density at radius 2 is 1.76 bits per heavy atom. The number of rotatable bonds is 5. The molecule has 4 rings (SSSR count). The highest BCUT2D eigenvalue weighted by molar-refractivity contribution is 9.10. The molecule has 0 bridgehead atoms. The van der Waals surface area contributed by atoms with Crippen LogP contribution < -0.4 is 10.6 Å². The lowest BCUT2D eigenvalue weighted by molar-refractivity contribution is -0.142. The average molecular weight is 457 g/mol. The van der Waals surface area contributed by atoms with E-state index in [1.807, 2.05) is 24.3 Å². The van der Waals surface area contributed by atoms with E-state index in [-0.39, 0.29) is 6.03 Å². The number of anilines is 1. The van der Waals surface area contributed by atoms with Crippen LogP contribution in [0.25, 0.3) is 0 Å². The Kier molecular flexibility index (Phi) is 5.90. The standard InChI is InChI=1S/C23H25BrN2O3/c1-29-22(27)20(12-14-5-2-8-17(24)11-14)25-23(28)26-21-18-9-3-6-15(18)13-16-7-4-10-19(16)21/h2,5,8,11,13,20H,3-4,6-7,9-10,12H2,1H3,(H2,25,26,28)/t20-/m1/s1. The molecule has 2 N–H and O–H groups in total. The number of carbonyl (C=O) groups is 2. The third-order valence-electron chi connectivity index (χ3n) is 5.83. The first-order valence-electron chi connectivity index (χ1n) is 10.1. The van der Waals surface area contributed by atoms with E-state index >= 15 is 0 Å². The Morgan fingerprint density at radius 3 is 2.38 bits per heavy atom. The highest BCUT2D eigenvalue weighted by Gasteiger charge is 2.27. The van der Waals surface area contributed by atoms with Crippen LogP contribution in [0, 0.1) is 0 Å². The second kappa shape index (κ2) is 8.57. The fourth-order valence-corrected chi connectivity index (χ4v) is 4.96. The molecule has 2 aromatic rings. The Hall–Kier alpha value is -2.34. The van der Waals surface area contributed by atoms with Crippen LogP contribution in [0.5, 0.6) is 0 Å². The summed E-state index contributed by atoms with van der Waals surface area (Å²) in [5, 5.41) is 5.91. The third-order valence-corrected chi connectivity index (χ3v) is 6.32. The number of carbonyl (C=O) groups excluding carboxylic acids is 2. The number of hydrogen-bond donors (Lipinski definition) is 2. The predicted octanol–water partition coefficient (Wildman–Crippen LogP) is 4.33. The van der Waals surface area contributed by atoms with E-state index in [2.05, 4.69) is 32.6 Å². The molecule has 6 heteroatoms. The fraction of sp³-hybridized carbons (Fsp3) is 0.391. The SMILES string of the molecule is COC(=O)[C@@H](Cc1cccc(Br)c1)NC(=O)Nc1c2c(cc3c1CCC3)CCC2. The molecule has 0 saturated heterocycles. The van der Waals surface area contributed by atoms with Crippen LogP contribution >= 0.6 is 15.9 Å². The average Bonchev–Trinajstić information content (AvgIpc) is 3.36. The van der Waals surface area contributed by atoms with Gasteiger partial charge < -0.3 is 15.4 Å². The first kappa shape index (κ1) is 20.0. The molecule has 0 saturated carbocycles. The number of aryl methyl sites for hydroxylation is 2. The van der Waals surface area contributed by atoms with Crippen molar-refractivity contribution in [1.82, 2.24) is 5.32 Å². The van der Waals surface area contributed by atoms with Crippen LogP contribution in [0.15, 0.2) is 34.8 Å². The second-order valence-electron chi connectivity index (χ2n) is 7.74. The lowest BCUT2D eigenvalue weighted by Crippen LogP contribution is -2.45. The number of fused-ring (bicyclic) bond motifs is 2. The van der Waals surface area contributed by atoms with Gasteiger partial charge in [-0.3, -0.25) is 0 Å². The lowest BCUT2D eigenvalue weighted by atomic mass is 9.99. The fourth-order valence-electron chi connectivity index (χ4n) is 4.51. The summed E-state index contributed by atoms with van der Waals surface area (Å²) in [5.41, 5.74) is 7.16. The van der Waals surface area contributed by atoms with Gasteiger partial charge in [-0.15, -0.1) is 0 Å². The molecule has 2 amide bonds. The molecule has 5 nitrogen and oxygen atoms in total. The molecule has 0 aliphatic heterocycles. The minimum atomic E-state index is -0.751. The molecular formula is C23H25BrN2O3. The minimum absolute atomic E-state index is 0.357. The maximum atomic E-state index is 12.9. The maximum absolute atomic E-state index is 12.9. The summed E-state index contributed by atoms with van der Waals surface area (Å²) in [5.74, 6) is -0.455. The minimum Gasteiger partial charge on any atom is -0.467 e. The van der Waals surface area contributed by atoms with E-state index in [1.54, 1.807) is 0 Å². The molecule has 1 atom stereocenters.